The normalized spacial score (nSPS) is 22.2. The summed E-state index contributed by atoms with van der Waals surface area (Å²) in [6.07, 6.45) is 2.45. The van der Waals surface area contributed by atoms with Gasteiger partial charge in [0.1, 0.15) is 0 Å². The quantitative estimate of drug-likeness (QED) is 0.911. The van der Waals surface area contributed by atoms with Crippen LogP contribution in [-0.4, -0.2) is 53.8 Å². The lowest BCUT2D eigenvalue weighted by Gasteiger charge is -2.35. The number of nitrogens with one attached hydrogen (secondary N) is 1. The molecule has 1 unspecified atom stereocenters. The average molecular weight is 315 g/mol. The molecule has 23 heavy (non-hydrogen) atoms. The molecule has 5 nitrogen and oxygen atoms in total. The van der Waals surface area contributed by atoms with E-state index in [0.717, 1.165) is 39.0 Å². The minimum atomic E-state index is -0.351. The zero-order chi connectivity index (χ0) is 16.2. The lowest BCUT2D eigenvalue weighted by Crippen LogP contribution is -2.56. The summed E-state index contributed by atoms with van der Waals surface area (Å²) in [5.41, 5.74) is 2.45. The van der Waals surface area contributed by atoms with Crippen LogP contribution in [-0.2, 0) is 16.1 Å². The number of piperazine rings is 1. The van der Waals surface area contributed by atoms with E-state index in [4.69, 9.17) is 0 Å². The molecule has 2 amide bonds. The van der Waals surface area contributed by atoms with E-state index in [-0.39, 0.29) is 24.3 Å². The van der Waals surface area contributed by atoms with Crippen molar-refractivity contribution in [2.45, 2.75) is 38.8 Å². The lowest BCUT2D eigenvalue weighted by atomic mass is 10.0. The first-order valence-electron chi connectivity index (χ1n) is 8.49. The minimum absolute atomic E-state index is 0.0163. The van der Waals surface area contributed by atoms with E-state index in [2.05, 4.69) is 29.3 Å². The first-order valence-corrected chi connectivity index (χ1v) is 8.49. The first kappa shape index (κ1) is 16.0. The van der Waals surface area contributed by atoms with Gasteiger partial charge in [-0.05, 0) is 30.9 Å². The van der Waals surface area contributed by atoms with Crippen LogP contribution in [0.15, 0.2) is 24.3 Å². The summed E-state index contributed by atoms with van der Waals surface area (Å²) in [7, 11) is 0. The van der Waals surface area contributed by atoms with Crippen LogP contribution in [0.25, 0.3) is 0 Å². The number of rotatable bonds is 4. The van der Waals surface area contributed by atoms with Crippen LogP contribution >= 0.6 is 0 Å². The molecule has 2 fully saturated rings. The van der Waals surface area contributed by atoms with Crippen molar-refractivity contribution in [1.29, 1.82) is 0 Å². The lowest BCUT2D eigenvalue weighted by molar-refractivity contribution is -0.138. The minimum Gasteiger partial charge on any atom is -0.353 e. The summed E-state index contributed by atoms with van der Waals surface area (Å²) in [6, 6.07) is 7.88. The van der Waals surface area contributed by atoms with Crippen LogP contribution in [0.1, 0.15) is 30.4 Å². The maximum absolute atomic E-state index is 12.4. The van der Waals surface area contributed by atoms with Gasteiger partial charge in [-0.2, -0.15) is 0 Å². The second-order valence-electron chi connectivity index (χ2n) is 6.50. The standard InChI is InChI=1S/C18H25N3O2/c1-14-6-2-3-7-15(14)13-21-11-8-19-18(23)16(21)12-17(22)20-9-4-5-10-20/h2-3,6-7,16H,4-5,8-13H2,1H3,(H,19,23). The highest BCUT2D eigenvalue weighted by Crippen LogP contribution is 2.18. The highest BCUT2D eigenvalue weighted by Gasteiger charge is 2.33. The monoisotopic (exact) mass is 315 g/mol. The molecule has 0 aromatic heterocycles. The zero-order valence-corrected chi connectivity index (χ0v) is 13.8. The van der Waals surface area contributed by atoms with E-state index in [9.17, 15) is 9.59 Å². The van der Waals surface area contributed by atoms with E-state index in [1.54, 1.807) is 0 Å². The molecule has 0 aliphatic carbocycles. The maximum atomic E-state index is 12.4. The van der Waals surface area contributed by atoms with Gasteiger partial charge < -0.3 is 10.2 Å². The number of carbonyl (C=O) groups excluding carboxylic acids is 2. The Labute approximate surface area is 137 Å². The number of amides is 2. The highest BCUT2D eigenvalue weighted by molar-refractivity contribution is 5.88. The molecule has 124 valence electrons. The first-order chi connectivity index (χ1) is 11.1. The third-order valence-electron chi connectivity index (χ3n) is 4.90. The van der Waals surface area contributed by atoms with Crippen molar-refractivity contribution in [2.24, 2.45) is 0 Å². The van der Waals surface area contributed by atoms with Crippen LogP contribution < -0.4 is 5.32 Å². The Morgan fingerprint density at radius 3 is 2.70 bits per heavy atom. The molecule has 1 atom stereocenters. The van der Waals surface area contributed by atoms with E-state index >= 15 is 0 Å². The topological polar surface area (TPSA) is 52.7 Å². The van der Waals surface area contributed by atoms with Gasteiger partial charge in [0.2, 0.25) is 11.8 Å². The van der Waals surface area contributed by atoms with Gasteiger partial charge in [-0.3, -0.25) is 14.5 Å². The van der Waals surface area contributed by atoms with E-state index in [0.29, 0.717) is 6.54 Å². The number of hydrogen-bond acceptors (Lipinski definition) is 3. The van der Waals surface area contributed by atoms with Gasteiger partial charge in [0, 0.05) is 32.7 Å². The summed E-state index contributed by atoms with van der Waals surface area (Å²) >= 11 is 0. The smallest absolute Gasteiger partial charge is 0.237 e. The molecule has 1 aromatic rings. The van der Waals surface area contributed by atoms with Crippen molar-refractivity contribution >= 4 is 11.8 Å². The molecule has 2 aliphatic rings. The van der Waals surface area contributed by atoms with Gasteiger partial charge >= 0.3 is 0 Å². The molecular formula is C18H25N3O2. The molecular weight excluding hydrogens is 290 g/mol. The average Bonchev–Trinajstić information content (AvgIpc) is 3.07. The molecule has 5 heteroatoms. The molecule has 0 saturated carbocycles. The highest BCUT2D eigenvalue weighted by atomic mass is 16.2. The summed E-state index contributed by atoms with van der Waals surface area (Å²) in [5, 5.41) is 2.91. The Bertz CT molecular complexity index is 581. The molecule has 0 spiro atoms. The second kappa shape index (κ2) is 7.13. The maximum Gasteiger partial charge on any atom is 0.237 e. The molecule has 0 radical (unpaired) electrons. The predicted octanol–water partition coefficient (Wildman–Crippen LogP) is 1.31. The fourth-order valence-corrected chi connectivity index (χ4v) is 3.44. The third kappa shape index (κ3) is 3.72. The molecule has 3 rings (SSSR count). The molecule has 2 heterocycles. The van der Waals surface area contributed by atoms with Crippen LogP contribution in [0, 0.1) is 6.92 Å². The van der Waals surface area contributed by atoms with E-state index in [1.807, 2.05) is 17.0 Å². The van der Waals surface area contributed by atoms with Crippen molar-refractivity contribution in [1.82, 2.24) is 15.1 Å². The molecule has 0 bridgehead atoms. The van der Waals surface area contributed by atoms with Gasteiger partial charge in [-0.25, -0.2) is 0 Å². The summed E-state index contributed by atoms with van der Waals surface area (Å²) in [4.78, 5) is 28.8. The van der Waals surface area contributed by atoms with Crippen molar-refractivity contribution < 1.29 is 9.59 Å². The van der Waals surface area contributed by atoms with Crippen LogP contribution in [0.5, 0.6) is 0 Å². The predicted molar refractivity (Wildman–Crippen MR) is 88.8 cm³/mol. The summed E-state index contributed by atoms with van der Waals surface area (Å²) < 4.78 is 0. The Hall–Kier alpha value is -1.88. The number of aryl methyl sites for hydroxylation is 1. The Balaban J connectivity index is 1.70. The SMILES string of the molecule is Cc1ccccc1CN1CCNC(=O)C1CC(=O)N1CCCC1. The van der Waals surface area contributed by atoms with Gasteiger partial charge in [0.05, 0.1) is 12.5 Å². The number of nitrogens with zero attached hydrogens (tertiary/aromatic N) is 2. The van der Waals surface area contributed by atoms with Crippen molar-refractivity contribution in [2.75, 3.05) is 26.2 Å². The number of likely N-dealkylation sites (tertiary alicyclic amines) is 1. The van der Waals surface area contributed by atoms with E-state index < -0.39 is 0 Å². The van der Waals surface area contributed by atoms with Crippen molar-refractivity contribution in [3.05, 3.63) is 35.4 Å². The van der Waals surface area contributed by atoms with Crippen LogP contribution in [0.2, 0.25) is 0 Å². The Kier molecular flexibility index (Phi) is 4.96. The fourth-order valence-electron chi connectivity index (χ4n) is 3.44. The van der Waals surface area contributed by atoms with E-state index in [1.165, 1.54) is 11.1 Å². The Morgan fingerprint density at radius 1 is 1.22 bits per heavy atom. The molecule has 1 N–H and O–H groups in total. The second-order valence-corrected chi connectivity index (χ2v) is 6.50. The van der Waals surface area contributed by atoms with Gasteiger partial charge in [0.15, 0.2) is 0 Å². The van der Waals surface area contributed by atoms with Gasteiger partial charge in [-0.1, -0.05) is 24.3 Å². The fraction of sp³-hybridized carbons (Fsp3) is 0.556. The van der Waals surface area contributed by atoms with Crippen molar-refractivity contribution in [3.8, 4) is 0 Å². The summed E-state index contributed by atoms with van der Waals surface area (Å²) in [6.45, 7) is 5.93. The van der Waals surface area contributed by atoms with Gasteiger partial charge in [-0.15, -0.1) is 0 Å². The third-order valence-corrected chi connectivity index (χ3v) is 4.90. The Morgan fingerprint density at radius 2 is 1.96 bits per heavy atom. The van der Waals surface area contributed by atoms with Crippen LogP contribution in [0.3, 0.4) is 0 Å². The number of carbonyl (C=O) groups is 2. The van der Waals surface area contributed by atoms with Gasteiger partial charge in [0.25, 0.3) is 0 Å². The molecule has 2 saturated heterocycles. The number of benzene rings is 1. The largest absolute Gasteiger partial charge is 0.353 e. The molecule has 2 aliphatic heterocycles. The number of hydrogen-bond donors (Lipinski definition) is 1. The van der Waals surface area contributed by atoms with Crippen molar-refractivity contribution in [3.63, 3.8) is 0 Å². The summed E-state index contributed by atoms with van der Waals surface area (Å²) in [5.74, 6) is 0.0942. The zero-order valence-electron chi connectivity index (χ0n) is 13.8. The van der Waals surface area contributed by atoms with Crippen LogP contribution in [0.4, 0.5) is 0 Å². The molecule has 1 aromatic carbocycles.